The third-order valence-electron chi connectivity index (χ3n) is 7.55. The van der Waals surface area contributed by atoms with Crippen molar-refractivity contribution < 1.29 is 19.2 Å². The topological polar surface area (TPSA) is 132 Å². The van der Waals surface area contributed by atoms with Gasteiger partial charge >= 0.3 is 6.09 Å². The maximum atomic E-state index is 13.8. The number of anilines is 3. The van der Waals surface area contributed by atoms with Crippen LogP contribution in [0, 0.1) is 28.9 Å². The number of aromatic nitrogens is 2. The Bertz CT molecular complexity index is 1380. The van der Waals surface area contributed by atoms with Crippen molar-refractivity contribution in [3.63, 3.8) is 0 Å². The average molecular weight is 533 g/mol. The van der Waals surface area contributed by atoms with E-state index in [-0.39, 0.29) is 30.0 Å². The average Bonchev–Trinajstić information content (AvgIpc) is 3.18. The summed E-state index contributed by atoms with van der Waals surface area (Å²) in [6.07, 6.45) is 4.48. The van der Waals surface area contributed by atoms with Gasteiger partial charge in [-0.15, -0.1) is 0 Å². The lowest BCUT2D eigenvalue weighted by molar-refractivity contribution is -0.384. The predicted octanol–water partition coefficient (Wildman–Crippen LogP) is 4.96. The molecule has 2 aliphatic rings. The molecule has 11 heteroatoms. The van der Waals surface area contributed by atoms with E-state index in [1.807, 2.05) is 37.2 Å². The minimum absolute atomic E-state index is 0.00840. The highest BCUT2D eigenvalue weighted by atomic mass is 16.6. The fourth-order valence-corrected chi connectivity index (χ4v) is 5.30. The summed E-state index contributed by atoms with van der Waals surface area (Å²) >= 11 is 0. The SMILES string of the molecule is Cc1ccc2c(c1)Nc1c(cnn1C)CN2C(=O)C1CCC(CNC(=O)OCc2ccc([N+](=O)[O-])cc2)CC1. The first kappa shape index (κ1) is 26.2. The highest BCUT2D eigenvalue weighted by Crippen LogP contribution is 2.39. The number of benzene rings is 2. The lowest BCUT2D eigenvalue weighted by Gasteiger charge is -2.32. The second-order valence-corrected chi connectivity index (χ2v) is 10.3. The van der Waals surface area contributed by atoms with Gasteiger partial charge in [0.15, 0.2) is 0 Å². The van der Waals surface area contributed by atoms with E-state index < -0.39 is 11.0 Å². The Hall–Kier alpha value is -4.41. The van der Waals surface area contributed by atoms with Crippen LogP contribution in [0.2, 0.25) is 0 Å². The maximum Gasteiger partial charge on any atom is 0.407 e. The summed E-state index contributed by atoms with van der Waals surface area (Å²) in [5.41, 5.74) is 4.53. The van der Waals surface area contributed by atoms with Crippen LogP contribution in [-0.2, 0) is 29.7 Å². The van der Waals surface area contributed by atoms with Gasteiger partial charge in [0.2, 0.25) is 5.91 Å². The molecule has 2 amide bonds. The number of rotatable bonds is 6. The molecule has 0 unspecified atom stereocenters. The number of carbonyl (C=O) groups is 2. The number of hydrogen-bond acceptors (Lipinski definition) is 7. The number of hydrogen-bond donors (Lipinski definition) is 2. The number of carbonyl (C=O) groups excluding carboxylic acids is 2. The standard InChI is InChI=1S/C28H32N6O5/c1-18-3-12-25-24(13-18)31-26-22(15-30-32(26)2)16-33(25)27(35)21-8-4-19(5-9-21)14-29-28(36)39-17-20-6-10-23(11-7-20)34(37)38/h3,6-7,10-13,15,19,21,31H,4-5,8-9,14,16-17H2,1-2H3,(H,29,36). The number of nitro groups is 1. The van der Waals surface area contributed by atoms with Gasteiger partial charge in [-0.05, 0) is 73.9 Å². The monoisotopic (exact) mass is 532 g/mol. The lowest BCUT2D eigenvalue weighted by atomic mass is 9.81. The Labute approximate surface area is 226 Å². The molecule has 2 N–H and O–H groups in total. The molecule has 204 valence electrons. The van der Waals surface area contributed by atoms with Crippen molar-refractivity contribution in [1.82, 2.24) is 15.1 Å². The van der Waals surface area contributed by atoms with E-state index in [2.05, 4.69) is 21.8 Å². The molecule has 0 radical (unpaired) electrons. The molecule has 11 nitrogen and oxygen atoms in total. The van der Waals surface area contributed by atoms with Crippen LogP contribution in [0.5, 0.6) is 0 Å². The van der Waals surface area contributed by atoms with E-state index >= 15 is 0 Å². The van der Waals surface area contributed by atoms with Gasteiger partial charge in [0, 0.05) is 37.2 Å². The van der Waals surface area contributed by atoms with E-state index in [1.165, 1.54) is 12.1 Å². The highest BCUT2D eigenvalue weighted by molar-refractivity contribution is 5.99. The predicted molar refractivity (Wildman–Crippen MR) is 146 cm³/mol. The molecule has 1 aliphatic carbocycles. The quantitative estimate of drug-likeness (QED) is 0.339. The molecule has 2 heterocycles. The van der Waals surface area contributed by atoms with Crippen LogP contribution >= 0.6 is 0 Å². The number of fused-ring (bicyclic) bond motifs is 2. The Morgan fingerprint density at radius 1 is 1.15 bits per heavy atom. The summed E-state index contributed by atoms with van der Waals surface area (Å²) in [5.74, 6) is 1.20. The first-order chi connectivity index (χ1) is 18.8. The summed E-state index contributed by atoms with van der Waals surface area (Å²) in [4.78, 5) is 38.1. The first-order valence-electron chi connectivity index (χ1n) is 13.1. The van der Waals surface area contributed by atoms with Crippen LogP contribution in [0.4, 0.5) is 27.7 Å². The highest BCUT2D eigenvalue weighted by Gasteiger charge is 2.33. The number of alkyl carbamates (subject to hydrolysis) is 1. The van der Waals surface area contributed by atoms with Gasteiger partial charge in [-0.2, -0.15) is 5.10 Å². The van der Waals surface area contributed by atoms with Crippen LogP contribution in [0.25, 0.3) is 0 Å². The van der Waals surface area contributed by atoms with Crippen LogP contribution in [0.3, 0.4) is 0 Å². The van der Waals surface area contributed by atoms with Gasteiger partial charge in [-0.1, -0.05) is 6.07 Å². The number of nitrogens with one attached hydrogen (secondary N) is 2. The Morgan fingerprint density at radius 3 is 2.62 bits per heavy atom. The third-order valence-corrected chi connectivity index (χ3v) is 7.55. The normalized spacial score (nSPS) is 18.3. The molecular formula is C28H32N6O5. The largest absolute Gasteiger partial charge is 0.445 e. The molecule has 0 saturated heterocycles. The van der Waals surface area contributed by atoms with Crippen LogP contribution < -0.4 is 15.5 Å². The minimum atomic E-state index is -0.525. The summed E-state index contributed by atoms with van der Waals surface area (Å²) in [6, 6.07) is 12.0. The first-order valence-corrected chi connectivity index (χ1v) is 13.1. The summed E-state index contributed by atoms with van der Waals surface area (Å²) in [6.45, 7) is 3.02. The Kier molecular flexibility index (Phi) is 7.49. The molecule has 39 heavy (non-hydrogen) atoms. The van der Waals surface area contributed by atoms with E-state index in [1.54, 1.807) is 16.8 Å². The second kappa shape index (κ2) is 11.1. The van der Waals surface area contributed by atoms with Gasteiger partial charge in [0.25, 0.3) is 5.69 Å². The number of nitrogens with zero attached hydrogens (tertiary/aromatic N) is 4. The van der Waals surface area contributed by atoms with E-state index in [0.717, 1.165) is 54.0 Å². The molecule has 2 aromatic carbocycles. The van der Waals surface area contributed by atoms with E-state index in [4.69, 9.17) is 4.74 Å². The van der Waals surface area contributed by atoms with Gasteiger partial charge < -0.3 is 20.3 Å². The molecule has 5 rings (SSSR count). The van der Waals surface area contributed by atoms with Gasteiger partial charge in [0.05, 0.1) is 29.0 Å². The summed E-state index contributed by atoms with van der Waals surface area (Å²) in [5, 5.41) is 21.4. The molecule has 1 aromatic heterocycles. The smallest absolute Gasteiger partial charge is 0.407 e. The second-order valence-electron chi connectivity index (χ2n) is 10.3. The van der Waals surface area contributed by atoms with Gasteiger partial charge in [0.1, 0.15) is 12.4 Å². The number of non-ortho nitro benzene ring substituents is 1. The van der Waals surface area contributed by atoms with Crippen molar-refractivity contribution in [1.29, 1.82) is 0 Å². The van der Waals surface area contributed by atoms with Crippen molar-refractivity contribution in [2.24, 2.45) is 18.9 Å². The van der Waals surface area contributed by atoms with E-state index in [9.17, 15) is 19.7 Å². The molecule has 0 atom stereocenters. The van der Waals surface area contributed by atoms with Crippen LogP contribution in [0.1, 0.15) is 42.4 Å². The Morgan fingerprint density at radius 2 is 1.90 bits per heavy atom. The molecule has 1 fully saturated rings. The molecule has 1 aliphatic heterocycles. The molecule has 0 spiro atoms. The zero-order valence-electron chi connectivity index (χ0n) is 22.1. The summed E-state index contributed by atoms with van der Waals surface area (Å²) in [7, 11) is 1.89. The van der Waals surface area contributed by atoms with Crippen molar-refractivity contribution in [3.8, 4) is 0 Å². The number of ether oxygens (including phenoxy) is 1. The van der Waals surface area contributed by atoms with Crippen LogP contribution in [-0.4, -0.2) is 33.2 Å². The minimum Gasteiger partial charge on any atom is -0.445 e. The van der Waals surface area contributed by atoms with Crippen molar-refractivity contribution in [2.45, 2.75) is 45.8 Å². The third kappa shape index (κ3) is 5.87. The fraction of sp³-hybridized carbons (Fsp3) is 0.393. The van der Waals surface area contributed by atoms with Crippen molar-refractivity contribution >= 4 is 34.9 Å². The Balaban J connectivity index is 1.13. The molecular weight excluding hydrogens is 500 g/mol. The lowest BCUT2D eigenvalue weighted by Crippen LogP contribution is -2.38. The number of amides is 2. The zero-order valence-corrected chi connectivity index (χ0v) is 22.1. The molecule has 3 aromatic rings. The summed E-state index contributed by atoms with van der Waals surface area (Å²) < 4.78 is 7.04. The van der Waals surface area contributed by atoms with E-state index in [0.29, 0.717) is 18.7 Å². The molecule has 1 saturated carbocycles. The number of nitro benzene ring substituents is 1. The fourth-order valence-electron chi connectivity index (χ4n) is 5.30. The van der Waals surface area contributed by atoms with Gasteiger partial charge in [-0.25, -0.2) is 4.79 Å². The number of aryl methyl sites for hydroxylation is 2. The zero-order chi connectivity index (χ0) is 27.5. The molecule has 0 bridgehead atoms. The van der Waals surface area contributed by atoms with Crippen molar-refractivity contribution in [2.75, 3.05) is 16.8 Å². The van der Waals surface area contributed by atoms with Crippen LogP contribution in [0.15, 0.2) is 48.7 Å². The van der Waals surface area contributed by atoms with Crippen molar-refractivity contribution in [3.05, 3.63) is 75.5 Å². The maximum absolute atomic E-state index is 13.8. The van der Waals surface area contributed by atoms with Gasteiger partial charge in [-0.3, -0.25) is 19.6 Å².